The van der Waals surface area contributed by atoms with Crippen molar-refractivity contribution < 1.29 is 9.84 Å². The Balaban J connectivity index is 1.84. The van der Waals surface area contributed by atoms with Crippen LogP contribution in [0.3, 0.4) is 0 Å². The molecule has 1 aromatic heterocycles. The highest BCUT2D eigenvalue weighted by molar-refractivity contribution is 7.07. The first-order valence-electron chi connectivity index (χ1n) is 5.00. The molecule has 0 aliphatic carbocycles. The second-order valence-corrected chi connectivity index (χ2v) is 4.44. The molecule has 0 bridgehead atoms. The van der Waals surface area contributed by atoms with Crippen LogP contribution in [0.2, 0.25) is 0 Å². The lowest BCUT2D eigenvalue weighted by Gasteiger charge is -2.23. The number of nitrogens with zero attached hydrogens (tertiary/aromatic N) is 1. The van der Waals surface area contributed by atoms with Crippen molar-refractivity contribution in [3.8, 4) is 0 Å². The van der Waals surface area contributed by atoms with E-state index >= 15 is 0 Å². The molecule has 14 heavy (non-hydrogen) atoms. The molecule has 2 rings (SSSR count). The van der Waals surface area contributed by atoms with E-state index in [-0.39, 0.29) is 6.10 Å². The van der Waals surface area contributed by atoms with Gasteiger partial charge >= 0.3 is 0 Å². The number of aliphatic hydroxyl groups excluding tert-OH is 1. The second kappa shape index (κ2) is 4.87. The van der Waals surface area contributed by atoms with Crippen LogP contribution in [0.15, 0.2) is 10.9 Å². The monoisotopic (exact) mass is 213 g/mol. The fourth-order valence-electron chi connectivity index (χ4n) is 1.81. The van der Waals surface area contributed by atoms with Crippen molar-refractivity contribution in [1.82, 2.24) is 4.98 Å². The minimum absolute atomic E-state index is 0.385. The maximum absolute atomic E-state index is 9.87. The molecular weight excluding hydrogens is 198 g/mol. The van der Waals surface area contributed by atoms with Gasteiger partial charge in [-0.3, -0.25) is 0 Å². The molecule has 0 saturated carbocycles. The van der Waals surface area contributed by atoms with Gasteiger partial charge in [0.1, 0.15) is 0 Å². The summed E-state index contributed by atoms with van der Waals surface area (Å²) in [7, 11) is 0. The Morgan fingerprint density at radius 3 is 3.00 bits per heavy atom. The number of rotatable bonds is 3. The van der Waals surface area contributed by atoms with Crippen LogP contribution < -0.4 is 0 Å². The Morgan fingerprint density at radius 1 is 1.57 bits per heavy atom. The first kappa shape index (κ1) is 10.1. The Morgan fingerprint density at radius 2 is 2.36 bits per heavy atom. The number of hydrogen-bond donors (Lipinski definition) is 1. The van der Waals surface area contributed by atoms with Crippen LogP contribution in [0, 0.1) is 5.92 Å². The Hall–Kier alpha value is -0.450. The van der Waals surface area contributed by atoms with Gasteiger partial charge in [0.05, 0.1) is 17.3 Å². The Bertz CT molecular complexity index is 257. The minimum Gasteiger partial charge on any atom is -0.387 e. The fourth-order valence-corrected chi connectivity index (χ4v) is 2.41. The van der Waals surface area contributed by atoms with E-state index in [1.807, 2.05) is 5.38 Å². The maximum Gasteiger partial charge on any atom is 0.0971 e. The van der Waals surface area contributed by atoms with E-state index in [0.717, 1.165) is 38.2 Å². The van der Waals surface area contributed by atoms with Gasteiger partial charge < -0.3 is 9.84 Å². The number of thiazole rings is 1. The van der Waals surface area contributed by atoms with E-state index in [1.165, 1.54) is 11.3 Å². The highest BCUT2D eigenvalue weighted by Gasteiger charge is 2.19. The van der Waals surface area contributed by atoms with Crippen LogP contribution in [0.1, 0.15) is 31.1 Å². The summed E-state index contributed by atoms with van der Waals surface area (Å²) in [5.41, 5.74) is 2.59. The molecule has 1 aliphatic heterocycles. The minimum atomic E-state index is -0.385. The molecule has 1 fully saturated rings. The molecule has 0 radical (unpaired) electrons. The molecule has 1 atom stereocenters. The van der Waals surface area contributed by atoms with Crippen LogP contribution in [0.4, 0.5) is 0 Å². The quantitative estimate of drug-likeness (QED) is 0.835. The van der Waals surface area contributed by atoms with E-state index in [4.69, 9.17) is 4.74 Å². The molecule has 0 aromatic carbocycles. The number of ether oxygens (including phenoxy) is 1. The van der Waals surface area contributed by atoms with Gasteiger partial charge in [-0.05, 0) is 25.2 Å². The standard InChI is InChI=1S/C10H15NO2S/c12-10(9-6-14-7-11-9)5-8-1-3-13-4-2-8/h6-8,10,12H,1-5H2. The third kappa shape index (κ3) is 2.53. The van der Waals surface area contributed by atoms with E-state index < -0.39 is 0 Å². The van der Waals surface area contributed by atoms with E-state index in [1.54, 1.807) is 5.51 Å². The molecule has 0 amide bonds. The highest BCUT2D eigenvalue weighted by Crippen LogP contribution is 2.27. The molecule has 3 nitrogen and oxygen atoms in total. The average molecular weight is 213 g/mol. The number of aromatic nitrogens is 1. The zero-order valence-corrected chi connectivity index (χ0v) is 8.87. The van der Waals surface area contributed by atoms with Gasteiger partial charge in [0.2, 0.25) is 0 Å². The molecule has 1 N–H and O–H groups in total. The molecular formula is C10H15NO2S. The SMILES string of the molecule is OC(CC1CCOCC1)c1cscn1. The normalized spacial score (nSPS) is 20.9. The highest BCUT2D eigenvalue weighted by atomic mass is 32.1. The zero-order chi connectivity index (χ0) is 9.80. The van der Waals surface area contributed by atoms with Crippen LogP contribution in [0.5, 0.6) is 0 Å². The molecule has 1 saturated heterocycles. The second-order valence-electron chi connectivity index (χ2n) is 3.72. The van der Waals surface area contributed by atoms with Gasteiger partial charge in [0.15, 0.2) is 0 Å². The summed E-state index contributed by atoms with van der Waals surface area (Å²) < 4.78 is 5.28. The van der Waals surface area contributed by atoms with Crippen LogP contribution >= 0.6 is 11.3 Å². The molecule has 1 aliphatic rings. The summed E-state index contributed by atoms with van der Waals surface area (Å²) in [5.74, 6) is 0.598. The third-order valence-corrected chi connectivity index (χ3v) is 3.29. The first-order valence-corrected chi connectivity index (χ1v) is 5.94. The lowest BCUT2D eigenvalue weighted by atomic mass is 9.93. The lowest BCUT2D eigenvalue weighted by Crippen LogP contribution is -2.18. The van der Waals surface area contributed by atoms with Gasteiger partial charge in [-0.25, -0.2) is 4.98 Å². The molecule has 78 valence electrons. The van der Waals surface area contributed by atoms with Crippen molar-refractivity contribution in [3.63, 3.8) is 0 Å². The number of hydrogen-bond acceptors (Lipinski definition) is 4. The third-order valence-electron chi connectivity index (χ3n) is 2.69. The first-order chi connectivity index (χ1) is 6.86. The summed E-state index contributed by atoms with van der Waals surface area (Å²) in [6.07, 6.45) is 2.58. The summed E-state index contributed by atoms with van der Waals surface area (Å²) in [5, 5.41) is 11.8. The Kier molecular flexibility index (Phi) is 3.50. The van der Waals surface area contributed by atoms with Crippen molar-refractivity contribution in [2.24, 2.45) is 5.92 Å². The maximum atomic E-state index is 9.87. The average Bonchev–Trinajstić information content (AvgIpc) is 2.72. The van der Waals surface area contributed by atoms with Crippen LogP contribution in [-0.2, 0) is 4.74 Å². The molecule has 1 unspecified atom stereocenters. The van der Waals surface area contributed by atoms with E-state index in [2.05, 4.69) is 4.98 Å². The summed E-state index contributed by atoms with van der Waals surface area (Å²) in [6, 6.07) is 0. The van der Waals surface area contributed by atoms with Crippen molar-refractivity contribution in [1.29, 1.82) is 0 Å². The van der Waals surface area contributed by atoms with Crippen LogP contribution in [0.25, 0.3) is 0 Å². The topological polar surface area (TPSA) is 42.4 Å². The molecule has 0 spiro atoms. The van der Waals surface area contributed by atoms with Crippen molar-refractivity contribution >= 4 is 11.3 Å². The van der Waals surface area contributed by atoms with Gasteiger partial charge in [-0.2, -0.15) is 0 Å². The smallest absolute Gasteiger partial charge is 0.0971 e. The Labute approximate surface area is 87.7 Å². The van der Waals surface area contributed by atoms with Gasteiger partial charge in [0, 0.05) is 18.6 Å². The predicted octanol–water partition coefficient (Wildman–Crippen LogP) is 1.99. The summed E-state index contributed by atoms with van der Waals surface area (Å²) in [6.45, 7) is 1.68. The largest absolute Gasteiger partial charge is 0.387 e. The molecule has 4 heteroatoms. The fraction of sp³-hybridized carbons (Fsp3) is 0.700. The predicted molar refractivity (Wildman–Crippen MR) is 55.2 cm³/mol. The van der Waals surface area contributed by atoms with Gasteiger partial charge in [-0.15, -0.1) is 11.3 Å². The summed E-state index contributed by atoms with van der Waals surface area (Å²) >= 11 is 1.53. The van der Waals surface area contributed by atoms with Gasteiger partial charge in [0.25, 0.3) is 0 Å². The molecule has 2 heterocycles. The molecule has 1 aromatic rings. The zero-order valence-electron chi connectivity index (χ0n) is 8.06. The lowest BCUT2D eigenvalue weighted by molar-refractivity contribution is 0.0428. The van der Waals surface area contributed by atoms with Crippen molar-refractivity contribution in [3.05, 3.63) is 16.6 Å². The van der Waals surface area contributed by atoms with E-state index in [0.29, 0.717) is 5.92 Å². The van der Waals surface area contributed by atoms with Crippen molar-refractivity contribution in [2.45, 2.75) is 25.4 Å². The van der Waals surface area contributed by atoms with Gasteiger partial charge in [-0.1, -0.05) is 0 Å². The van der Waals surface area contributed by atoms with Crippen molar-refractivity contribution in [2.75, 3.05) is 13.2 Å². The van der Waals surface area contributed by atoms with E-state index in [9.17, 15) is 5.11 Å². The number of aliphatic hydroxyl groups is 1. The summed E-state index contributed by atoms with van der Waals surface area (Å²) in [4.78, 5) is 4.12. The van der Waals surface area contributed by atoms with Crippen LogP contribution in [-0.4, -0.2) is 23.3 Å².